The van der Waals surface area contributed by atoms with Crippen LogP contribution < -0.4 is 15.0 Å². The largest absolute Gasteiger partial charge is 0.487 e. The number of pyridine rings is 1. The van der Waals surface area contributed by atoms with Gasteiger partial charge in [-0.05, 0) is 48.6 Å². The molecule has 32 heavy (non-hydrogen) atoms. The molecule has 3 aromatic rings. The average molecular weight is 458 g/mol. The molecule has 5 rings (SSSR count). The van der Waals surface area contributed by atoms with Gasteiger partial charge >= 0.3 is 5.57 Å². The lowest BCUT2D eigenvalue weighted by molar-refractivity contribution is -0.0964. The van der Waals surface area contributed by atoms with Gasteiger partial charge in [-0.2, -0.15) is 0 Å². The predicted molar refractivity (Wildman–Crippen MR) is 115 cm³/mol. The van der Waals surface area contributed by atoms with Crippen LogP contribution in [0.25, 0.3) is 11.1 Å². The smallest absolute Gasteiger partial charge is 0.420 e. The SMILES string of the molecule is O=C(Nc1ccc(OC(F)(F)Cl)cc1)c1cnc(N2CC3CC3C2)c(-c2cncnc2)c1. The summed E-state index contributed by atoms with van der Waals surface area (Å²) in [5.74, 6) is 1.76. The fourth-order valence-corrected chi connectivity index (χ4v) is 4.09. The summed E-state index contributed by atoms with van der Waals surface area (Å²) in [7, 11) is 0. The van der Waals surface area contributed by atoms with E-state index in [-0.39, 0.29) is 11.7 Å². The van der Waals surface area contributed by atoms with E-state index in [1.54, 1.807) is 18.5 Å². The quantitative estimate of drug-likeness (QED) is 0.552. The standard InChI is InChI=1S/C22H18ClF2N5O2/c23-22(24,25)32-18-3-1-17(2-4-18)29-21(31)13-6-19(16-7-26-12-27-8-16)20(28-9-13)30-10-14-5-15(14)11-30/h1-4,6-9,12,14-15H,5,10-11H2,(H,29,31). The minimum atomic E-state index is -3.80. The fourth-order valence-electron chi connectivity index (χ4n) is 4.00. The molecule has 164 valence electrons. The summed E-state index contributed by atoms with van der Waals surface area (Å²) >= 11 is 4.76. The van der Waals surface area contributed by atoms with Crippen LogP contribution in [0.5, 0.6) is 5.75 Å². The molecule has 3 heterocycles. The van der Waals surface area contributed by atoms with Gasteiger partial charge in [-0.25, -0.2) is 15.0 Å². The molecular weight excluding hydrogens is 440 g/mol. The van der Waals surface area contributed by atoms with E-state index in [0.717, 1.165) is 41.9 Å². The third-order valence-corrected chi connectivity index (χ3v) is 5.70. The van der Waals surface area contributed by atoms with Crippen molar-refractivity contribution in [1.82, 2.24) is 15.0 Å². The van der Waals surface area contributed by atoms with Crippen molar-refractivity contribution < 1.29 is 18.3 Å². The Balaban J connectivity index is 1.38. The second kappa shape index (κ2) is 7.98. The van der Waals surface area contributed by atoms with Crippen LogP contribution in [0.4, 0.5) is 20.3 Å². The van der Waals surface area contributed by atoms with E-state index in [4.69, 9.17) is 11.6 Å². The number of amides is 1. The lowest BCUT2D eigenvalue weighted by Gasteiger charge is -2.22. The van der Waals surface area contributed by atoms with Crippen LogP contribution in [0.2, 0.25) is 0 Å². The highest BCUT2D eigenvalue weighted by Crippen LogP contribution is 2.47. The van der Waals surface area contributed by atoms with E-state index in [9.17, 15) is 13.6 Å². The molecular formula is C22H18ClF2N5O2. The van der Waals surface area contributed by atoms with Gasteiger partial charge in [0.05, 0.1) is 5.56 Å². The lowest BCUT2D eigenvalue weighted by atomic mass is 10.1. The monoisotopic (exact) mass is 457 g/mol. The zero-order valence-corrected chi connectivity index (χ0v) is 17.5. The summed E-state index contributed by atoms with van der Waals surface area (Å²) in [6, 6.07) is 7.24. The number of hydrogen-bond acceptors (Lipinski definition) is 6. The first-order valence-corrected chi connectivity index (χ1v) is 10.4. The summed E-state index contributed by atoms with van der Waals surface area (Å²) < 4.78 is 29.8. The molecule has 1 saturated heterocycles. The Labute approximate surface area is 187 Å². The molecule has 2 atom stereocenters. The van der Waals surface area contributed by atoms with Crippen molar-refractivity contribution in [3.05, 3.63) is 60.8 Å². The number of rotatable bonds is 6. The van der Waals surface area contributed by atoms with Crippen LogP contribution >= 0.6 is 11.6 Å². The molecule has 2 fully saturated rings. The Kier molecular flexibility index (Phi) is 5.13. The van der Waals surface area contributed by atoms with Crippen LogP contribution in [-0.2, 0) is 0 Å². The Morgan fingerprint density at radius 3 is 2.47 bits per heavy atom. The van der Waals surface area contributed by atoms with Crippen molar-refractivity contribution in [3.63, 3.8) is 0 Å². The Morgan fingerprint density at radius 2 is 1.81 bits per heavy atom. The van der Waals surface area contributed by atoms with Crippen molar-refractivity contribution >= 4 is 29.0 Å². The molecule has 7 nitrogen and oxygen atoms in total. The molecule has 2 aliphatic rings. The van der Waals surface area contributed by atoms with Crippen molar-refractivity contribution in [2.75, 3.05) is 23.3 Å². The zero-order chi connectivity index (χ0) is 22.3. The maximum Gasteiger partial charge on any atom is 0.487 e. The number of fused-ring (bicyclic) bond motifs is 1. The summed E-state index contributed by atoms with van der Waals surface area (Å²) in [6.07, 6.45) is 7.64. The number of aromatic nitrogens is 3. The highest BCUT2D eigenvalue weighted by atomic mass is 35.5. The van der Waals surface area contributed by atoms with Crippen molar-refractivity contribution in [1.29, 1.82) is 0 Å². The number of nitrogens with one attached hydrogen (secondary N) is 1. The van der Waals surface area contributed by atoms with Gasteiger partial charge in [0.25, 0.3) is 5.91 Å². The lowest BCUT2D eigenvalue weighted by Crippen LogP contribution is -2.24. The van der Waals surface area contributed by atoms with Crippen molar-refractivity contribution in [3.8, 4) is 16.9 Å². The number of halogens is 3. The number of carbonyl (C=O) groups excluding carboxylic acids is 1. The van der Waals surface area contributed by atoms with Gasteiger partial charge in [0.2, 0.25) is 0 Å². The van der Waals surface area contributed by atoms with Crippen LogP contribution in [0.3, 0.4) is 0 Å². The molecule has 2 unspecified atom stereocenters. The molecule has 1 aliphatic heterocycles. The highest BCUT2D eigenvalue weighted by Gasteiger charge is 2.45. The maximum absolute atomic E-state index is 12.8. The van der Waals surface area contributed by atoms with Gasteiger partial charge in [-0.1, -0.05) is 0 Å². The fraction of sp³-hybridized carbons (Fsp3) is 0.273. The Morgan fingerprint density at radius 1 is 1.12 bits per heavy atom. The van der Waals surface area contributed by atoms with Gasteiger partial charge in [-0.3, -0.25) is 4.79 Å². The van der Waals surface area contributed by atoms with Crippen LogP contribution in [0, 0.1) is 11.8 Å². The van der Waals surface area contributed by atoms with E-state index < -0.39 is 5.57 Å². The third kappa shape index (κ3) is 4.47. The van der Waals surface area contributed by atoms with Gasteiger partial charge in [0, 0.05) is 60.1 Å². The number of nitrogens with zero attached hydrogens (tertiary/aromatic N) is 4. The number of benzene rings is 1. The molecule has 1 N–H and O–H groups in total. The second-order valence-electron chi connectivity index (χ2n) is 7.91. The van der Waals surface area contributed by atoms with Crippen LogP contribution in [0.15, 0.2) is 55.2 Å². The number of anilines is 2. The number of hydrogen-bond donors (Lipinski definition) is 1. The molecule has 0 spiro atoms. The van der Waals surface area contributed by atoms with E-state index in [0.29, 0.717) is 11.3 Å². The van der Waals surface area contributed by atoms with Crippen molar-refractivity contribution in [2.24, 2.45) is 11.8 Å². The first kappa shape index (κ1) is 20.6. The first-order chi connectivity index (χ1) is 15.4. The third-order valence-electron chi connectivity index (χ3n) is 5.62. The van der Waals surface area contributed by atoms with E-state index in [2.05, 4.69) is 29.9 Å². The molecule has 1 saturated carbocycles. The first-order valence-electron chi connectivity index (χ1n) is 10.0. The minimum Gasteiger partial charge on any atom is -0.420 e. The summed E-state index contributed by atoms with van der Waals surface area (Å²) in [6.45, 7) is 1.92. The van der Waals surface area contributed by atoms with Gasteiger partial charge < -0.3 is 15.0 Å². The summed E-state index contributed by atoms with van der Waals surface area (Å²) in [4.78, 5) is 27.9. The Hall–Kier alpha value is -3.33. The summed E-state index contributed by atoms with van der Waals surface area (Å²) in [5.41, 5.74) is -1.48. The van der Waals surface area contributed by atoms with E-state index >= 15 is 0 Å². The molecule has 1 aromatic carbocycles. The molecule has 0 radical (unpaired) electrons. The zero-order valence-electron chi connectivity index (χ0n) is 16.7. The highest BCUT2D eigenvalue weighted by molar-refractivity contribution is 6.20. The van der Waals surface area contributed by atoms with Crippen LogP contribution in [-0.4, -0.2) is 39.5 Å². The predicted octanol–water partition coefficient (Wildman–Crippen LogP) is 4.41. The topological polar surface area (TPSA) is 80.2 Å². The van der Waals surface area contributed by atoms with Crippen LogP contribution in [0.1, 0.15) is 16.8 Å². The normalized spacial score (nSPS) is 19.4. The second-order valence-corrected chi connectivity index (χ2v) is 8.35. The molecule has 10 heteroatoms. The average Bonchev–Trinajstić information content (AvgIpc) is 3.39. The van der Waals surface area contributed by atoms with Gasteiger partial charge in [-0.15, -0.1) is 8.78 Å². The minimum absolute atomic E-state index is 0.121. The molecule has 0 bridgehead atoms. The maximum atomic E-state index is 12.8. The molecule has 1 amide bonds. The van der Waals surface area contributed by atoms with E-state index in [1.807, 2.05) is 0 Å². The number of piperidine rings is 1. The van der Waals surface area contributed by atoms with Gasteiger partial charge in [0.15, 0.2) is 0 Å². The van der Waals surface area contributed by atoms with Gasteiger partial charge in [0.1, 0.15) is 17.9 Å². The number of carbonyl (C=O) groups is 1. The number of ether oxygens (including phenoxy) is 1. The summed E-state index contributed by atoms with van der Waals surface area (Å²) in [5, 5.41) is 2.73. The van der Waals surface area contributed by atoms with Crippen molar-refractivity contribution in [2.45, 2.75) is 12.0 Å². The van der Waals surface area contributed by atoms with E-state index in [1.165, 1.54) is 43.2 Å². The molecule has 1 aliphatic carbocycles. The number of alkyl halides is 3. The Bertz CT molecular complexity index is 1130. The molecule has 2 aromatic heterocycles.